The molecule has 0 aliphatic rings. The molecule has 0 aliphatic heterocycles. The number of nitrogens with one attached hydrogen (secondary N) is 1. The monoisotopic (exact) mass is 464 g/mol. The molecule has 0 atom stereocenters. The molecule has 0 bridgehead atoms. The van der Waals surface area contributed by atoms with Crippen molar-refractivity contribution in [3.63, 3.8) is 0 Å². The number of nitrogens with zero attached hydrogens (tertiary/aromatic N) is 3. The number of carboxylic acid groups (broad SMARTS) is 1. The summed E-state index contributed by atoms with van der Waals surface area (Å²) in [6.07, 6.45) is 5.11. The van der Waals surface area contributed by atoms with Gasteiger partial charge in [-0.25, -0.2) is 4.79 Å². The second-order valence-electron chi connectivity index (χ2n) is 6.16. The summed E-state index contributed by atoms with van der Waals surface area (Å²) in [6, 6.07) is 13.6. The van der Waals surface area contributed by atoms with E-state index in [9.17, 15) is 9.90 Å². The highest BCUT2D eigenvalue weighted by Gasteiger charge is 2.14. The van der Waals surface area contributed by atoms with Crippen molar-refractivity contribution in [2.45, 2.75) is 19.4 Å². The zero-order valence-electron chi connectivity index (χ0n) is 15.2. The van der Waals surface area contributed by atoms with Gasteiger partial charge in [-0.05, 0) is 61.8 Å². The standard InChI is InChI=1S/C20H21BrN4O2.ClH/c21-17-4-2-15(3-5-17)6-10-22-9-1-13-25-19(20(26)27)14-18(24-25)16-7-11-23-12-8-16;/h2-5,7-8,11-12,14,22H,1,6,9-10,13H2,(H,26,27);1H. The third-order valence-corrected chi connectivity index (χ3v) is 4.73. The van der Waals surface area contributed by atoms with Gasteiger partial charge in [0.2, 0.25) is 0 Å². The molecule has 0 saturated carbocycles. The quantitative estimate of drug-likeness (QED) is 0.466. The highest BCUT2D eigenvalue weighted by molar-refractivity contribution is 9.10. The van der Waals surface area contributed by atoms with E-state index in [0.29, 0.717) is 12.2 Å². The summed E-state index contributed by atoms with van der Waals surface area (Å²) < 4.78 is 2.65. The van der Waals surface area contributed by atoms with Crippen LogP contribution < -0.4 is 5.32 Å². The summed E-state index contributed by atoms with van der Waals surface area (Å²) in [4.78, 5) is 15.5. The van der Waals surface area contributed by atoms with E-state index in [2.05, 4.69) is 43.5 Å². The number of aromatic nitrogens is 3. The first kappa shape index (κ1) is 22.1. The van der Waals surface area contributed by atoms with Gasteiger partial charge in [0, 0.05) is 29.0 Å². The number of rotatable bonds is 9. The van der Waals surface area contributed by atoms with Crippen LogP contribution >= 0.6 is 28.3 Å². The summed E-state index contributed by atoms with van der Waals surface area (Å²) in [5.74, 6) is -0.967. The van der Waals surface area contributed by atoms with Gasteiger partial charge in [-0.2, -0.15) is 5.10 Å². The lowest BCUT2D eigenvalue weighted by atomic mass is 10.1. The van der Waals surface area contributed by atoms with E-state index in [-0.39, 0.29) is 18.1 Å². The topological polar surface area (TPSA) is 80.0 Å². The minimum Gasteiger partial charge on any atom is -0.477 e. The lowest BCUT2D eigenvalue weighted by molar-refractivity contribution is 0.0683. The Bertz CT molecular complexity index is 885. The second-order valence-corrected chi connectivity index (χ2v) is 7.07. The number of aromatic carboxylic acids is 1. The molecular weight excluding hydrogens is 444 g/mol. The summed E-state index contributed by atoms with van der Waals surface area (Å²) >= 11 is 3.43. The highest BCUT2D eigenvalue weighted by atomic mass is 79.9. The molecule has 0 amide bonds. The van der Waals surface area contributed by atoms with Crippen molar-refractivity contribution >= 4 is 34.3 Å². The Balaban J connectivity index is 0.00000280. The van der Waals surface area contributed by atoms with Gasteiger partial charge in [0.15, 0.2) is 0 Å². The molecule has 0 fully saturated rings. The minimum atomic E-state index is -0.967. The number of aryl methyl sites for hydroxylation is 1. The van der Waals surface area contributed by atoms with Gasteiger partial charge in [0.1, 0.15) is 5.69 Å². The first-order valence-corrected chi connectivity index (χ1v) is 9.59. The largest absolute Gasteiger partial charge is 0.477 e. The van der Waals surface area contributed by atoms with Crippen molar-refractivity contribution in [2.24, 2.45) is 0 Å². The van der Waals surface area contributed by atoms with Gasteiger partial charge in [-0.3, -0.25) is 9.67 Å². The average molecular weight is 466 g/mol. The van der Waals surface area contributed by atoms with E-state index in [0.717, 1.165) is 36.0 Å². The molecule has 148 valence electrons. The summed E-state index contributed by atoms with van der Waals surface area (Å²) in [5, 5.41) is 17.3. The van der Waals surface area contributed by atoms with Crippen molar-refractivity contribution in [2.75, 3.05) is 13.1 Å². The van der Waals surface area contributed by atoms with Crippen molar-refractivity contribution < 1.29 is 9.90 Å². The van der Waals surface area contributed by atoms with Crippen LogP contribution in [0.3, 0.4) is 0 Å². The molecule has 2 heterocycles. The number of benzene rings is 1. The van der Waals surface area contributed by atoms with Gasteiger partial charge in [0.05, 0.1) is 5.69 Å². The van der Waals surface area contributed by atoms with E-state index in [4.69, 9.17) is 0 Å². The summed E-state index contributed by atoms with van der Waals surface area (Å²) in [5.41, 5.74) is 3.00. The molecule has 28 heavy (non-hydrogen) atoms. The Morgan fingerprint density at radius 1 is 1.11 bits per heavy atom. The zero-order valence-corrected chi connectivity index (χ0v) is 17.6. The molecule has 3 aromatic rings. The average Bonchev–Trinajstić information content (AvgIpc) is 3.11. The first-order chi connectivity index (χ1) is 13.1. The summed E-state index contributed by atoms with van der Waals surface area (Å²) in [6.45, 7) is 2.24. The fourth-order valence-corrected chi connectivity index (χ4v) is 3.05. The zero-order chi connectivity index (χ0) is 19.1. The number of carboxylic acids is 1. The Morgan fingerprint density at radius 2 is 1.82 bits per heavy atom. The molecule has 0 aliphatic carbocycles. The van der Waals surface area contributed by atoms with Gasteiger partial charge in [0.25, 0.3) is 0 Å². The van der Waals surface area contributed by atoms with Gasteiger partial charge in [-0.1, -0.05) is 28.1 Å². The predicted octanol–water partition coefficient (Wildman–Crippen LogP) is 4.05. The molecule has 6 nitrogen and oxygen atoms in total. The Hall–Kier alpha value is -2.22. The van der Waals surface area contributed by atoms with Gasteiger partial charge >= 0.3 is 5.97 Å². The molecule has 3 rings (SSSR count). The number of pyridine rings is 1. The smallest absolute Gasteiger partial charge is 0.354 e. The van der Waals surface area contributed by atoms with Crippen molar-refractivity contribution in [3.05, 3.63) is 70.6 Å². The lowest BCUT2D eigenvalue weighted by Crippen LogP contribution is -2.21. The van der Waals surface area contributed by atoms with Crippen molar-refractivity contribution in [1.29, 1.82) is 0 Å². The molecule has 0 saturated heterocycles. The number of hydrogen-bond acceptors (Lipinski definition) is 4. The number of hydrogen-bond donors (Lipinski definition) is 2. The summed E-state index contributed by atoms with van der Waals surface area (Å²) in [7, 11) is 0. The molecule has 0 unspecified atom stereocenters. The van der Waals surface area contributed by atoms with E-state index >= 15 is 0 Å². The first-order valence-electron chi connectivity index (χ1n) is 8.80. The van der Waals surface area contributed by atoms with E-state index in [1.54, 1.807) is 23.1 Å². The molecule has 0 radical (unpaired) electrons. The van der Waals surface area contributed by atoms with Crippen molar-refractivity contribution in [1.82, 2.24) is 20.1 Å². The fraction of sp³-hybridized carbons (Fsp3) is 0.250. The Morgan fingerprint density at radius 3 is 2.50 bits per heavy atom. The molecule has 0 spiro atoms. The van der Waals surface area contributed by atoms with Crippen LogP contribution in [0.2, 0.25) is 0 Å². The molecule has 2 aromatic heterocycles. The second kappa shape index (κ2) is 10.9. The van der Waals surface area contributed by atoms with Crippen LogP contribution in [0.4, 0.5) is 0 Å². The van der Waals surface area contributed by atoms with Gasteiger partial charge in [-0.15, -0.1) is 12.4 Å². The fourth-order valence-electron chi connectivity index (χ4n) is 2.79. The third-order valence-electron chi connectivity index (χ3n) is 4.20. The molecule has 1 aromatic carbocycles. The van der Waals surface area contributed by atoms with Crippen LogP contribution in [0, 0.1) is 0 Å². The number of halogens is 2. The van der Waals surface area contributed by atoms with Crippen LogP contribution in [0.25, 0.3) is 11.3 Å². The Labute approximate surface area is 178 Å². The maximum absolute atomic E-state index is 11.5. The third kappa shape index (κ3) is 6.15. The van der Waals surface area contributed by atoms with E-state index in [1.165, 1.54) is 5.56 Å². The van der Waals surface area contributed by atoms with Crippen LogP contribution in [0.15, 0.2) is 59.3 Å². The molecular formula is C20H22BrClN4O2. The minimum absolute atomic E-state index is 0. The van der Waals surface area contributed by atoms with Crippen LogP contribution in [-0.2, 0) is 13.0 Å². The van der Waals surface area contributed by atoms with Crippen LogP contribution in [0.5, 0.6) is 0 Å². The predicted molar refractivity (Wildman–Crippen MR) is 115 cm³/mol. The molecule has 8 heteroatoms. The Kier molecular flexibility index (Phi) is 8.63. The highest BCUT2D eigenvalue weighted by Crippen LogP contribution is 2.18. The normalized spacial score (nSPS) is 10.5. The van der Waals surface area contributed by atoms with E-state index in [1.807, 2.05) is 24.3 Å². The number of carbonyl (C=O) groups is 1. The van der Waals surface area contributed by atoms with Crippen molar-refractivity contribution in [3.8, 4) is 11.3 Å². The van der Waals surface area contributed by atoms with E-state index < -0.39 is 5.97 Å². The van der Waals surface area contributed by atoms with Crippen LogP contribution in [-0.4, -0.2) is 38.9 Å². The maximum Gasteiger partial charge on any atom is 0.354 e. The SMILES string of the molecule is Cl.O=C(O)c1cc(-c2ccncc2)nn1CCCNCCc1ccc(Br)cc1. The van der Waals surface area contributed by atoms with Gasteiger partial charge < -0.3 is 10.4 Å². The van der Waals surface area contributed by atoms with Crippen LogP contribution in [0.1, 0.15) is 22.5 Å². The lowest BCUT2D eigenvalue weighted by Gasteiger charge is -2.07. The molecule has 2 N–H and O–H groups in total. The maximum atomic E-state index is 11.5.